The zero-order valence-electron chi connectivity index (χ0n) is 15.5. The normalized spacial score (nSPS) is 11.6. The summed E-state index contributed by atoms with van der Waals surface area (Å²) >= 11 is 0. The van der Waals surface area contributed by atoms with Gasteiger partial charge in [0.05, 0.1) is 12.6 Å². The van der Waals surface area contributed by atoms with Gasteiger partial charge in [-0.2, -0.15) is 0 Å². The Morgan fingerprint density at radius 1 is 1.12 bits per heavy atom. The molecule has 3 rings (SSSR count). The molecule has 0 N–H and O–H groups in total. The second-order valence-electron chi connectivity index (χ2n) is 6.32. The van der Waals surface area contributed by atoms with E-state index < -0.39 is 0 Å². The minimum absolute atomic E-state index is 0.0841. The number of fused-ring (bicyclic) bond motifs is 3. The molecular weight excluding hydrogens is 312 g/mol. The van der Waals surface area contributed by atoms with Gasteiger partial charge in [0.2, 0.25) is 0 Å². The molecule has 1 heterocycles. The maximum Gasteiger partial charge on any atom is 0.159 e. The molecule has 2 aromatic carbocycles. The molecule has 0 aliphatic carbocycles. The lowest BCUT2D eigenvalue weighted by atomic mass is 10.1. The van der Waals surface area contributed by atoms with Crippen molar-refractivity contribution in [3.8, 4) is 5.75 Å². The molecule has 0 unspecified atom stereocenters. The summed E-state index contributed by atoms with van der Waals surface area (Å²) < 4.78 is 7.95. The molecule has 0 aliphatic heterocycles. The van der Waals surface area contributed by atoms with Gasteiger partial charge in [0.15, 0.2) is 5.78 Å². The molecule has 0 saturated carbocycles. The van der Waals surface area contributed by atoms with Crippen LogP contribution in [0.25, 0.3) is 21.8 Å². The third-order valence-corrected chi connectivity index (χ3v) is 5.01. The quantitative estimate of drug-likeness (QED) is 0.601. The Morgan fingerprint density at radius 3 is 2.52 bits per heavy atom. The van der Waals surface area contributed by atoms with E-state index in [9.17, 15) is 4.79 Å². The number of ether oxygens (including phenoxy) is 1. The van der Waals surface area contributed by atoms with Crippen LogP contribution < -0.4 is 4.74 Å². The van der Waals surface area contributed by atoms with Gasteiger partial charge in [-0.05, 0) is 50.3 Å². The lowest BCUT2D eigenvalue weighted by Crippen LogP contribution is -2.26. The monoisotopic (exact) mass is 338 g/mol. The summed E-state index contributed by atoms with van der Waals surface area (Å²) in [6.07, 6.45) is 0. The average Bonchev–Trinajstić information content (AvgIpc) is 2.95. The third kappa shape index (κ3) is 3.14. The molecule has 132 valence electrons. The van der Waals surface area contributed by atoms with E-state index in [2.05, 4.69) is 35.4 Å². The SMILES string of the molecule is CCN(CC)CCn1c2ccc(C(C)=O)cc2c2c(OC)cccc21. The van der Waals surface area contributed by atoms with Gasteiger partial charge in [-0.15, -0.1) is 0 Å². The van der Waals surface area contributed by atoms with Crippen LogP contribution in [0, 0.1) is 0 Å². The molecule has 0 amide bonds. The highest BCUT2D eigenvalue weighted by atomic mass is 16.5. The Bertz CT molecular complexity index is 907. The van der Waals surface area contributed by atoms with Crippen molar-refractivity contribution in [3.63, 3.8) is 0 Å². The predicted molar refractivity (Wildman–Crippen MR) is 104 cm³/mol. The number of nitrogens with zero attached hydrogens (tertiary/aromatic N) is 2. The van der Waals surface area contributed by atoms with E-state index in [4.69, 9.17) is 4.74 Å². The lowest BCUT2D eigenvalue weighted by molar-refractivity contribution is 0.101. The number of carbonyl (C=O) groups excluding carboxylic acids is 1. The van der Waals surface area contributed by atoms with Crippen LogP contribution >= 0.6 is 0 Å². The van der Waals surface area contributed by atoms with Crippen molar-refractivity contribution in [2.24, 2.45) is 0 Å². The molecule has 0 fully saturated rings. The van der Waals surface area contributed by atoms with Crippen LogP contribution in [0.3, 0.4) is 0 Å². The first-order chi connectivity index (χ1) is 12.1. The number of methoxy groups -OCH3 is 1. The number of hydrogen-bond acceptors (Lipinski definition) is 3. The summed E-state index contributed by atoms with van der Waals surface area (Å²) in [6.45, 7) is 10.00. The Labute approximate surface area is 149 Å². The van der Waals surface area contributed by atoms with Gasteiger partial charge in [-0.3, -0.25) is 4.79 Å². The topological polar surface area (TPSA) is 34.5 Å². The Kier molecular flexibility index (Phi) is 5.09. The largest absolute Gasteiger partial charge is 0.496 e. The van der Waals surface area contributed by atoms with Crippen LogP contribution in [-0.4, -0.2) is 42.0 Å². The van der Waals surface area contributed by atoms with Crippen molar-refractivity contribution in [1.29, 1.82) is 0 Å². The summed E-state index contributed by atoms with van der Waals surface area (Å²) in [5, 5.41) is 2.17. The molecule has 0 radical (unpaired) electrons. The van der Waals surface area contributed by atoms with Gasteiger partial charge in [0.25, 0.3) is 0 Å². The van der Waals surface area contributed by atoms with E-state index in [1.165, 1.54) is 0 Å². The van der Waals surface area contributed by atoms with Crippen molar-refractivity contribution in [3.05, 3.63) is 42.0 Å². The van der Waals surface area contributed by atoms with E-state index in [0.29, 0.717) is 0 Å². The van der Waals surface area contributed by atoms with Crippen LogP contribution in [0.1, 0.15) is 31.1 Å². The van der Waals surface area contributed by atoms with Gasteiger partial charge in [0, 0.05) is 34.9 Å². The van der Waals surface area contributed by atoms with Crippen molar-refractivity contribution < 1.29 is 9.53 Å². The van der Waals surface area contributed by atoms with Gasteiger partial charge >= 0.3 is 0 Å². The van der Waals surface area contributed by atoms with Crippen molar-refractivity contribution in [2.45, 2.75) is 27.3 Å². The number of Topliss-reactive ketones (excluding diaryl/α,β-unsaturated/α-hetero) is 1. The Balaban J connectivity index is 2.22. The molecule has 25 heavy (non-hydrogen) atoms. The summed E-state index contributed by atoms with van der Waals surface area (Å²) in [6, 6.07) is 12.1. The molecule has 0 bridgehead atoms. The highest BCUT2D eigenvalue weighted by Crippen LogP contribution is 2.36. The molecule has 0 saturated heterocycles. The first-order valence-corrected chi connectivity index (χ1v) is 8.92. The number of likely N-dealkylation sites (N-methyl/N-ethyl adjacent to an activating group) is 1. The molecule has 0 atom stereocenters. The van der Waals surface area contributed by atoms with Crippen LogP contribution in [0.15, 0.2) is 36.4 Å². The third-order valence-electron chi connectivity index (χ3n) is 5.01. The zero-order chi connectivity index (χ0) is 18.0. The first kappa shape index (κ1) is 17.5. The molecular formula is C21H26N2O2. The van der Waals surface area contributed by atoms with Crippen LogP contribution in [0.4, 0.5) is 0 Å². The first-order valence-electron chi connectivity index (χ1n) is 8.92. The molecule has 3 aromatic rings. The number of carbonyl (C=O) groups is 1. The smallest absolute Gasteiger partial charge is 0.159 e. The summed E-state index contributed by atoms with van der Waals surface area (Å²) in [7, 11) is 1.70. The fourth-order valence-corrected chi connectivity index (χ4v) is 3.53. The highest BCUT2D eigenvalue weighted by molar-refractivity contribution is 6.13. The minimum atomic E-state index is 0.0841. The maximum atomic E-state index is 11.8. The number of benzene rings is 2. The Hall–Kier alpha value is -2.33. The average molecular weight is 338 g/mol. The van der Waals surface area contributed by atoms with Crippen LogP contribution in [0.2, 0.25) is 0 Å². The van der Waals surface area contributed by atoms with E-state index in [1.54, 1.807) is 14.0 Å². The fraction of sp³-hybridized carbons (Fsp3) is 0.381. The van der Waals surface area contributed by atoms with Crippen molar-refractivity contribution in [2.75, 3.05) is 26.7 Å². The van der Waals surface area contributed by atoms with E-state index in [0.717, 1.165) is 59.3 Å². The number of hydrogen-bond donors (Lipinski definition) is 0. The predicted octanol–water partition coefficient (Wildman–Crippen LogP) is 4.35. The number of ketones is 1. The number of rotatable bonds is 7. The standard InChI is InChI=1S/C21H26N2O2/c1-5-22(6-2)12-13-23-18-11-10-16(15(3)24)14-17(18)21-19(23)8-7-9-20(21)25-4/h7-11,14H,5-6,12-13H2,1-4H3. The molecule has 1 aromatic heterocycles. The number of aromatic nitrogens is 1. The maximum absolute atomic E-state index is 11.8. The second kappa shape index (κ2) is 7.28. The van der Waals surface area contributed by atoms with Crippen molar-refractivity contribution >= 4 is 27.6 Å². The van der Waals surface area contributed by atoms with Gasteiger partial charge in [0.1, 0.15) is 5.75 Å². The summed E-state index contributed by atoms with van der Waals surface area (Å²) in [4.78, 5) is 14.3. The summed E-state index contributed by atoms with van der Waals surface area (Å²) in [5.41, 5.74) is 3.04. The van der Waals surface area contributed by atoms with E-state index >= 15 is 0 Å². The molecule has 4 nitrogen and oxygen atoms in total. The van der Waals surface area contributed by atoms with Gasteiger partial charge in [-0.1, -0.05) is 19.9 Å². The lowest BCUT2D eigenvalue weighted by Gasteiger charge is -2.19. The second-order valence-corrected chi connectivity index (χ2v) is 6.32. The highest BCUT2D eigenvalue weighted by Gasteiger charge is 2.16. The molecule has 0 spiro atoms. The molecule has 4 heteroatoms. The molecule has 0 aliphatic rings. The summed E-state index contributed by atoms with van der Waals surface area (Å²) in [5.74, 6) is 0.936. The minimum Gasteiger partial charge on any atom is -0.496 e. The van der Waals surface area contributed by atoms with E-state index in [1.807, 2.05) is 24.3 Å². The van der Waals surface area contributed by atoms with Gasteiger partial charge < -0.3 is 14.2 Å². The zero-order valence-corrected chi connectivity index (χ0v) is 15.5. The van der Waals surface area contributed by atoms with Crippen LogP contribution in [0.5, 0.6) is 5.75 Å². The fourth-order valence-electron chi connectivity index (χ4n) is 3.53. The van der Waals surface area contributed by atoms with E-state index in [-0.39, 0.29) is 5.78 Å². The van der Waals surface area contributed by atoms with Crippen LogP contribution in [-0.2, 0) is 6.54 Å². The van der Waals surface area contributed by atoms with Crippen molar-refractivity contribution in [1.82, 2.24) is 9.47 Å². The van der Waals surface area contributed by atoms with Gasteiger partial charge in [-0.25, -0.2) is 0 Å². The Morgan fingerprint density at radius 2 is 1.88 bits per heavy atom.